The number of anilines is 1. The van der Waals surface area contributed by atoms with E-state index in [0.29, 0.717) is 17.3 Å². The standard InChI is InChI=1S/C25H26Cl2N2O3S2/c1-19-6-2-3-9-24(19)29(34(31,32)23-12-10-21(26)11-13-23)17-25(30)28-14-5-15-33-18-20-7-4-8-22(27)16-20/h2-4,6-13,16H,5,14-15,17-18H2,1H3,(H,28,30). The minimum absolute atomic E-state index is 0.0744. The van der Waals surface area contributed by atoms with Crippen molar-refractivity contribution >= 4 is 56.6 Å². The monoisotopic (exact) mass is 536 g/mol. The molecule has 0 spiro atoms. The van der Waals surface area contributed by atoms with Gasteiger partial charge >= 0.3 is 0 Å². The summed E-state index contributed by atoms with van der Waals surface area (Å²) < 4.78 is 27.9. The summed E-state index contributed by atoms with van der Waals surface area (Å²) >= 11 is 13.7. The number of halogens is 2. The molecule has 0 bridgehead atoms. The third-order valence-electron chi connectivity index (χ3n) is 5.02. The fourth-order valence-electron chi connectivity index (χ4n) is 3.28. The molecule has 1 amide bonds. The smallest absolute Gasteiger partial charge is 0.264 e. The van der Waals surface area contributed by atoms with Gasteiger partial charge in [-0.05, 0) is 72.7 Å². The molecule has 3 aromatic rings. The number of benzene rings is 3. The lowest BCUT2D eigenvalue weighted by Crippen LogP contribution is -2.41. The Balaban J connectivity index is 1.59. The van der Waals surface area contributed by atoms with Crippen LogP contribution in [0.4, 0.5) is 5.69 Å². The molecule has 0 fully saturated rings. The molecule has 0 atom stereocenters. The highest BCUT2D eigenvalue weighted by Crippen LogP contribution is 2.27. The Kier molecular flexibility index (Phi) is 9.71. The number of hydrogen-bond donors (Lipinski definition) is 1. The first kappa shape index (κ1) is 26.4. The number of hydrogen-bond acceptors (Lipinski definition) is 4. The van der Waals surface area contributed by atoms with Crippen molar-refractivity contribution in [3.8, 4) is 0 Å². The average molecular weight is 538 g/mol. The van der Waals surface area contributed by atoms with Crippen molar-refractivity contribution in [3.05, 3.63) is 94.0 Å². The molecule has 3 rings (SSSR count). The summed E-state index contributed by atoms with van der Waals surface area (Å²) in [4.78, 5) is 12.8. The Morgan fingerprint density at radius 2 is 1.71 bits per heavy atom. The SMILES string of the molecule is Cc1ccccc1N(CC(=O)NCCCSCc1cccc(Cl)c1)S(=O)(=O)c1ccc(Cl)cc1. The zero-order valence-electron chi connectivity index (χ0n) is 18.7. The van der Waals surface area contributed by atoms with Gasteiger partial charge in [0, 0.05) is 22.3 Å². The average Bonchev–Trinajstić information content (AvgIpc) is 2.80. The number of rotatable bonds is 11. The summed E-state index contributed by atoms with van der Waals surface area (Å²) in [6.07, 6.45) is 0.769. The van der Waals surface area contributed by atoms with Gasteiger partial charge in [0.1, 0.15) is 6.54 Å². The van der Waals surface area contributed by atoms with Crippen molar-refractivity contribution in [1.29, 1.82) is 0 Å². The maximum Gasteiger partial charge on any atom is 0.264 e. The molecular formula is C25H26Cl2N2O3S2. The third-order valence-corrected chi connectivity index (χ3v) is 8.39. The Hall–Kier alpha value is -2.19. The van der Waals surface area contributed by atoms with Gasteiger partial charge in [-0.1, -0.05) is 53.5 Å². The van der Waals surface area contributed by atoms with Crippen LogP contribution >= 0.6 is 35.0 Å². The number of carbonyl (C=O) groups is 1. The van der Waals surface area contributed by atoms with Crippen LogP contribution in [-0.2, 0) is 20.6 Å². The van der Waals surface area contributed by atoms with Gasteiger partial charge < -0.3 is 5.32 Å². The van der Waals surface area contributed by atoms with Crippen molar-refractivity contribution in [2.24, 2.45) is 0 Å². The van der Waals surface area contributed by atoms with Gasteiger partial charge in [-0.2, -0.15) is 11.8 Å². The van der Waals surface area contributed by atoms with Gasteiger partial charge in [0.2, 0.25) is 5.91 Å². The summed E-state index contributed by atoms with van der Waals surface area (Å²) in [5, 5.41) is 4.00. The molecule has 9 heteroatoms. The van der Waals surface area contributed by atoms with Gasteiger partial charge in [-0.15, -0.1) is 0 Å². The largest absolute Gasteiger partial charge is 0.354 e. The Morgan fingerprint density at radius 1 is 0.971 bits per heavy atom. The van der Waals surface area contributed by atoms with E-state index in [9.17, 15) is 13.2 Å². The van der Waals surface area contributed by atoms with Crippen LogP contribution in [0, 0.1) is 6.92 Å². The van der Waals surface area contributed by atoms with E-state index in [0.717, 1.165) is 38.4 Å². The van der Waals surface area contributed by atoms with Crippen LogP contribution in [-0.4, -0.2) is 33.2 Å². The maximum atomic E-state index is 13.4. The molecular weight excluding hydrogens is 511 g/mol. The molecule has 3 aromatic carbocycles. The Labute approximate surface area is 215 Å². The van der Waals surface area contributed by atoms with Crippen molar-refractivity contribution < 1.29 is 13.2 Å². The lowest BCUT2D eigenvalue weighted by Gasteiger charge is -2.25. The van der Waals surface area contributed by atoms with Gasteiger partial charge in [0.15, 0.2) is 0 Å². The second-order valence-corrected chi connectivity index (χ2v) is 11.5. The van der Waals surface area contributed by atoms with Crippen LogP contribution in [0.3, 0.4) is 0 Å². The van der Waals surface area contributed by atoms with E-state index in [1.54, 1.807) is 23.9 Å². The zero-order valence-corrected chi connectivity index (χ0v) is 21.9. The molecule has 5 nitrogen and oxygen atoms in total. The highest BCUT2D eigenvalue weighted by Gasteiger charge is 2.28. The summed E-state index contributed by atoms with van der Waals surface area (Å²) in [6.45, 7) is 1.96. The van der Waals surface area contributed by atoms with E-state index in [4.69, 9.17) is 23.2 Å². The van der Waals surface area contributed by atoms with Crippen LogP contribution in [0.1, 0.15) is 17.5 Å². The predicted octanol–water partition coefficient (Wildman–Crippen LogP) is 5.94. The number of thioether (sulfide) groups is 1. The fraction of sp³-hybridized carbons (Fsp3) is 0.240. The first-order chi connectivity index (χ1) is 16.3. The van der Waals surface area contributed by atoms with Gasteiger partial charge in [0.25, 0.3) is 10.0 Å². The summed E-state index contributed by atoms with van der Waals surface area (Å²) in [7, 11) is -3.96. The molecule has 180 valence electrons. The highest BCUT2D eigenvalue weighted by atomic mass is 35.5. The zero-order chi connectivity index (χ0) is 24.6. The highest BCUT2D eigenvalue weighted by molar-refractivity contribution is 7.98. The third kappa shape index (κ3) is 7.40. The number of sulfonamides is 1. The second kappa shape index (κ2) is 12.5. The second-order valence-electron chi connectivity index (χ2n) is 7.64. The lowest BCUT2D eigenvalue weighted by atomic mass is 10.2. The molecule has 0 unspecified atom stereocenters. The van der Waals surface area contributed by atoms with E-state index in [1.165, 1.54) is 24.3 Å². The molecule has 1 N–H and O–H groups in total. The first-order valence-corrected chi connectivity index (χ1v) is 14.1. The van der Waals surface area contributed by atoms with Gasteiger partial charge in [-0.25, -0.2) is 8.42 Å². The molecule has 0 aromatic heterocycles. The fourth-order valence-corrected chi connectivity index (χ4v) is 6.01. The summed E-state index contributed by atoms with van der Waals surface area (Å²) in [6, 6.07) is 20.8. The Morgan fingerprint density at radius 3 is 2.41 bits per heavy atom. The molecule has 0 aliphatic carbocycles. The van der Waals surface area contributed by atoms with Crippen molar-refractivity contribution in [3.63, 3.8) is 0 Å². The quantitative estimate of drug-likeness (QED) is 0.308. The van der Waals surface area contributed by atoms with E-state index in [2.05, 4.69) is 5.32 Å². The molecule has 0 saturated carbocycles. The molecule has 0 radical (unpaired) electrons. The van der Waals surface area contributed by atoms with Crippen LogP contribution in [0.25, 0.3) is 0 Å². The molecule has 0 aliphatic heterocycles. The van der Waals surface area contributed by atoms with E-state index in [-0.39, 0.29) is 17.3 Å². The van der Waals surface area contributed by atoms with Crippen LogP contribution < -0.4 is 9.62 Å². The van der Waals surface area contributed by atoms with Crippen molar-refractivity contribution in [2.45, 2.75) is 24.0 Å². The summed E-state index contributed by atoms with van der Waals surface area (Å²) in [5.41, 5.74) is 2.37. The minimum atomic E-state index is -3.96. The molecule has 0 heterocycles. The van der Waals surface area contributed by atoms with E-state index in [1.807, 2.05) is 43.3 Å². The number of nitrogens with zero attached hydrogens (tertiary/aromatic N) is 1. The van der Waals surface area contributed by atoms with E-state index < -0.39 is 10.0 Å². The molecule has 0 aliphatic rings. The number of amides is 1. The predicted molar refractivity (Wildman–Crippen MR) is 142 cm³/mol. The number of aryl methyl sites for hydroxylation is 1. The van der Waals surface area contributed by atoms with E-state index >= 15 is 0 Å². The van der Waals surface area contributed by atoms with Gasteiger partial charge in [-0.3, -0.25) is 9.10 Å². The Bertz CT molecular complexity index is 1220. The lowest BCUT2D eigenvalue weighted by molar-refractivity contribution is -0.119. The normalized spacial score (nSPS) is 11.3. The van der Waals surface area contributed by atoms with Crippen molar-refractivity contribution in [1.82, 2.24) is 5.32 Å². The summed E-state index contributed by atoms with van der Waals surface area (Å²) in [5.74, 6) is 1.34. The van der Waals surface area contributed by atoms with Gasteiger partial charge in [0.05, 0.1) is 10.6 Å². The van der Waals surface area contributed by atoms with Crippen LogP contribution in [0.5, 0.6) is 0 Å². The van der Waals surface area contributed by atoms with Crippen molar-refractivity contribution in [2.75, 3.05) is 23.1 Å². The van der Waals surface area contributed by atoms with Crippen LogP contribution in [0.2, 0.25) is 10.0 Å². The number of para-hydroxylation sites is 1. The van der Waals surface area contributed by atoms with Crippen LogP contribution in [0.15, 0.2) is 77.7 Å². The topological polar surface area (TPSA) is 66.5 Å². The molecule has 34 heavy (non-hydrogen) atoms. The number of carbonyl (C=O) groups excluding carboxylic acids is 1. The number of nitrogens with one attached hydrogen (secondary N) is 1. The molecule has 0 saturated heterocycles. The minimum Gasteiger partial charge on any atom is -0.354 e. The maximum absolute atomic E-state index is 13.4. The first-order valence-electron chi connectivity index (χ1n) is 10.7.